The molecule has 0 radical (unpaired) electrons. The molecule has 0 saturated heterocycles. The SMILES string of the molecule is O=NCc1ccc(Cl)nc1Cl. The molecule has 5 heteroatoms. The first-order valence-corrected chi connectivity index (χ1v) is 3.59. The summed E-state index contributed by atoms with van der Waals surface area (Å²) in [6.45, 7) is 0.0308. The van der Waals surface area contributed by atoms with E-state index in [4.69, 9.17) is 23.2 Å². The van der Waals surface area contributed by atoms with E-state index >= 15 is 0 Å². The number of rotatable bonds is 2. The average molecular weight is 191 g/mol. The molecule has 1 aromatic rings. The lowest BCUT2D eigenvalue weighted by Crippen LogP contribution is -1.85. The van der Waals surface area contributed by atoms with E-state index in [1.165, 1.54) is 0 Å². The topological polar surface area (TPSA) is 42.3 Å². The molecule has 11 heavy (non-hydrogen) atoms. The number of pyridine rings is 1. The fraction of sp³-hybridized carbons (Fsp3) is 0.167. The van der Waals surface area contributed by atoms with Crippen molar-refractivity contribution in [1.82, 2.24) is 4.98 Å². The minimum absolute atomic E-state index is 0.0308. The van der Waals surface area contributed by atoms with Crippen molar-refractivity contribution in [2.24, 2.45) is 5.18 Å². The van der Waals surface area contributed by atoms with E-state index in [9.17, 15) is 4.91 Å². The first-order valence-electron chi connectivity index (χ1n) is 2.84. The summed E-state index contributed by atoms with van der Waals surface area (Å²) < 4.78 is 0. The molecule has 0 amide bonds. The van der Waals surface area contributed by atoms with E-state index in [0.29, 0.717) is 10.7 Å². The van der Waals surface area contributed by atoms with Gasteiger partial charge in [0.25, 0.3) is 0 Å². The highest BCUT2D eigenvalue weighted by Crippen LogP contribution is 2.16. The summed E-state index contributed by atoms with van der Waals surface area (Å²) in [4.78, 5) is 13.6. The highest BCUT2D eigenvalue weighted by Gasteiger charge is 2.01. The Balaban J connectivity index is 2.98. The van der Waals surface area contributed by atoms with Crippen LogP contribution in [0.15, 0.2) is 17.3 Å². The monoisotopic (exact) mass is 190 g/mol. The van der Waals surface area contributed by atoms with E-state index in [2.05, 4.69) is 10.2 Å². The highest BCUT2D eigenvalue weighted by atomic mass is 35.5. The Labute approximate surface area is 73.3 Å². The predicted octanol–water partition coefficient (Wildman–Crippen LogP) is 2.65. The lowest BCUT2D eigenvalue weighted by Gasteiger charge is -1.96. The number of halogens is 2. The van der Waals surface area contributed by atoms with E-state index in [1.807, 2.05) is 0 Å². The zero-order chi connectivity index (χ0) is 8.27. The van der Waals surface area contributed by atoms with Crippen molar-refractivity contribution in [3.8, 4) is 0 Å². The van der Waals surface area contributed by atoms with Crippen molar-refractivity contribution in [3.63, 3.8) is 0 Å². The molecule has 1 heterocycles. The summed E-state index contributed by atoms with van der Waals surface area (Å²) >= 11 is 11.1. The maximum absolute atomic E-state index is 9.84. The average Bonchev–Trinajstić information content (AvgIpc) is 1.95. The molecule has 0 aliphatic rings. The van der Waals surface area contributed by atoms with Crippen LogP contribution in [0.3, 0.4) is 0 Å². The van der Waals surface area contributed by atoms with Gasteiger partial charge in [-0.1, -0.05) is 34.4 Å². The first-order chi connectivity index (χ1) is 5.24. The maximum Gasteiger partial charge on any atom is 0.136 e. The molecule has 0 unspecified atom stereocenters. The second kappa shape index (κ2) is 3.64. The molecule has 1 aromatic heterocycles. The van der Waals surface area contributed by atoms with Crippen molar-refractivity contribution in [3.05, 3.63) is 32.9 Å². The first kappa shape index (κ1) is 8.43. The van der Waals surface area contributed by atoms with Crippen molar-refractivity contribution in [2.45, 2.75) is 6.54 Å². The van der Waals surface area contributed by atoms with Crippen LogP contribution in [0.2, 0.25) is 10.3 Å². The van der Waals surface area contributed by atoms with E-state index in [-0.39, 0.29) is 11.7 Å². The van der Waals surface area contributed by atoms with Gasteiger partial charge in [-0.05, 0) is 6.07 Å². The molecule has 0 fully saturated rings. The van der Waals surface area contributed by atoms with E-state index in [1.54, 1.807) is 12.1 Å². The van der Waals surface area contributed by atoms with Gasteiger partial charge in [0.15, 0.2) is 0 Å². The molecule has 0 aromatic carbocycles. The third-order valence-electron chi connectivity index (χ3n) is 1.13. The van der Waals surface area contributed by atoms with Gasteiger partial charge in [0.05, 0.1) is 0 Å². The Morgan fingerprint density at radius 2 is 2.18 bits per heavy atom. The van der Waals surface area contributed by atoms with Crippen LogP contribution in [0.25, 0.3) is 0 Å². The summed E-state index contributed by atoms with van der Waals surface area (Å²) in [5.41, 5.74) is 0.589. The molecule has 0 saturated carbocycles. The lowest BCUT2D eigenvalue weighted by molar-refractivity contribution is 1.03. The predicted molar refractivity (Wildman–Crippen MR) is 43.8 cm³/mol. The molecule has 0 spiro atoms. The zero-order valence-electron chi connectivity index (χ0n) is 5.42. The van der Waals surface area contributed by atoms with Crippen molar-refractivity contribution in [1.29, 1.82) is 0 Å². The van der Waals surface area contributed by atoms with Gasteiger partial charge in [0.2, 0.25) is 0 Å². The van der Waals surface area contributed by atoms with Gasteiger partial charge in [0.1, 0.15) is 16.9 Å². The normalized spacial score (nSPS) is 9.64. The van der Waals surface area contributed by atoms with Crippen LogP contribution in [-0.4, -0.2) is 4.98 Å². The second-order valence-corrected chi connectivity index (χ2v) is 2.62. The third-order valence-corrected chi connectivity index (χ3v) is 1.66. The van der Waals surface area contributed by atoms with Gasteiger partial charge >= 0.3 is 0 Å². The second-order valence-electron chi connectivity index (χ2n) is 1.87. The molecule has 0 N–H and O–H groups in total. The molecule has 0 aliphatic heterocycles. The van der Waals surface area contributed by atoms with E-state index < -0.39 is 0 Å². The molecule has 0 atom stereocenters. The van der Waals surface area contributed by atoms with Crippen LogP contribution in [0.5, 0.6) is 0 Å². The Hall–Kier alpha value is -0.670. The van der Waals surface area contributed by atoms with Gasteiger partial charge < -0.3 is 0 Å². The molecular weight excluding hydrogens is 187 g/mol. The smallest absolute Gasteiger partial charge is 0.136 e. The Bertz CT molecular complexity index is 277. The summed E-state index contributed by atoms with van der Waals surface area (Å²) in [5, 5.41) is 3.22. The van der Waals surface area contributed by atoms with Gasteiger partial charge in [-0.2, -0.15) is 4.91 Å². The molecule has 0 bridgehead atoms. The number of nitroso groups, excluding NO2 is 1. The number of aromatic nitrogens is 1. The number of hydrogen-bond acceptors (Lipinski definition) is 3. The minimum atomic E-state index is 0.0308. The van der Waals surface area contributed by atoms with Crippen LogP contribution in [-0.2, 0) is 6.54 Å². The van der Waals surface area contributed by atoms with Gasteiger partial charge in [-0.3, -0.25) is 0 Å². The quantitative estimate of drug-likeness (QED) is 0.532. The van der Waals surface area contributed by atoms with Gasteiger partial charge in [-0.25, -0.2) is 4.98 Å². The van der Waals surface area contributed by atoms with Gasteiger partial charge in [0, 0.05) is 5.56 Å². The standard InChI is InChI=1S/C6H4Cl2N2O/c7-5-2-1-4(3-9-11)6(8)10-5/h1-2H,3H2. The third kappa shape index (κ3) is 2.13. The van der Waals surface area contributed by atoms with Crippen molar-refractivity contribution >= 4 is 23.2 Å². The molecule has 1 rings (SSSR count). The summed E-state index contributed by atoms with van der Waals surface area (Å²) in [6, 6.07) is 3.19. The molecule has 3 nitrogen and oxygen atoms in total. The fourth-order valence-electron chi connectivity index (χ4n) is 0.628. The maximum atomic E-state index is 9.84. The van der Waals surface area contributed by atoms with Crippen LogP contribution >= 0.6 is 23.2 Å². The lowest BCUT2D eigenvalue weighted by atomic mass is 10.3. The highest BCUT2D eigenvalue weighted by molar-refractivity contribution is 6.32. The molecule has 58 valence electrons. The Morgan fingerprint density at radius 3 is 2.73 bits per heavy atom. The van der Waals surface area contributed by atoms with Gasteiger partial charge in [-0.15, -0.1) is 0 Å². The molecular formula is C6H4Cl2N2O. The zero-order valence-corrected chi connectivity index (χ0v) is 6.93. The summed E-state index contributed by atoms with van der Waals surface area (Å²) in [6.07, 6.45) is 0. The Morgan fingerprint density at radius 1 is 1.45 bits per heavy atom. The number of hydrogen-bond donors (Lipinski definition) is 0. The number of nitrogens with zero attached hydrogens (tertiary/aromatic N) is 2. The largest absolute Gasteiger partial charge is 0.224 e. The fourth-order valence-corrected chi connectivity index (χ4v) is 1.03. The molecule has 0 aliphatic carbocycles. The Kier molecular flexibility index (Phi) is 2.79. The van der Waals surface area contributed by atoms with Crippen molar-refractivity contribution in [2.75, 3.05) is 0 Å². The van der Waals surface area contributed by atoms with Crippen molar-refractivity contribution < 1.29 is 0 Å². The van der Waals surface area contributed by atoms with Crippen LogP contribution in [0.4, 0.5) is 0 Å². The summed E-state index contributed by atoms with van der Waals surface area (Å²) in [5.74, 6) is 0. The summed E-state index contributed by atoms with van der Waals surface area (Å²) in [7, 11) is 0. The minimum Gasteiger partial charge on any atom is -0.224 e. The van der Waals surface area contributed by atoms with Crippen LogP contribution in [0.1, 0.15) is 5.56 Å². The van der Waals surface area contributed by atoms with Crippen LogP contribution in [0, 0.1) is 4.91 Å². The van der Waals surface area contributed by atoms with Crippen LogP contribution < -0.4 is 0 Å². The van der Waals surface area contributed by atoms with E-state index in [0.717, 1.165) is 0 Å².